The Bertz CT molecular complexity index is 1680. The number of H-pyrrole nitrogens is 1. The van der Waals surface area contributed by atoms with Crippen molar-refractivity contribution in [1.82, 2.24) is 35.5 Å². The van der Waals surface area contributed by atoms with Gasteiger partial charge in [-0.05, 0) is 82.3 Å². The van der Waals surface area contributed by atoms with Crippen molar-refractivity contribution in [2.45, 2.75) is 69.4 Å². The molecule has 1 aliphatic carbocycles. The lowest BCUT2D eigenvalue weighted by atomic mass is 9.78. The number of benzene rings is 1. The molecule has 2 unspecified atom stereocenters. The van der Waals surface area contributed by atoms with Gasteiger partial charge in [0, 0.05) is 23.2 Å². The van der Waals surface area contributed by atoms with Crippen LogP contribution in [-0.4, -0.2) is 81.8 Å². The molecule has 0 bridgehead atoms. The third-order valence-corrected chi connectivity index (χ3v) is 9.69. The molecular formula is C32H39N9O3. The number of aryl methyl sites for hydroxylation is 1. The topological polar surface area (TPSA) is 164 Å². The smallest absolute Gasteiger partial charge is 0.228 e. The van der Waals surface area contributed by atoms with E-state index in [1.54, 1.807) is 6.20 Å². The summed E-state index contributed by atoms with van der Waals surface area (Å²) in [4.78, 5) is 11.8. The van der Waals surface area contributed by atoms with Crippen molar-refractivity contribution in [3.8, 4) is 23.5 Å². The molecule has 230 valence electrons. The fourth-order valence-corrected chi connectivity index (χ4v) is 6.88. The molecule has 12 heteroatoms. The lowest BCUT2D eigenvalue weighted by molar-refractivity contribution is -0.107. The first-order valence-electron chi connectivity index (χ1n) is 15.7. The molecule has 3 aliphatic heterocycles. The van der Waals surface area contributed by atoms with E-state index in [-0.39, 0.29) is 5.92 Å². The number of rotatable bonds is 6. The molecule has 0 saturated carbocycles. The van der Waals surface area contributed by atoms with E-state index in [4.69, 9.17) is 29.7 Å². The molecule has 4 N–H and O–H groups in total. The third kappa shape index (κ3) is 5.08. The number of hydrogen-bond acceptors (Lipinski definition) is 11. The van der Waals surface area contributed by atoms with Crippen LogP contribution >= 0.6 is 0 Å². The van der Waals surface area contributed by atoms with Crippen LogP contribution < -0.4 is 15.8 Å². The molecule has 0 radical (unpaired) electrons. The van der Waals surface area contributed by atoms with E-state index in [1.807, 2.05) is 12.1 Å². The number of aromatic amines is 1. The minimum absolute atomic E-state index is 0.0948. The first-order valence-corrected chi connectivity index (χ1v) is 15.7. The van der Waals surface area contributed by atoms with Gasteiger partial charge >= 0.3 is 0 Å². The molecule has 2 atom stereocenters. The predicted octanol–water partition coefficient (Wildman–Crippen LogP) is 3.71. The second kappa shape index (κ2) is 11.8. The number of fused-ring (bicyclic) bond motifs is 2. The number of nitrogens with one attached hydrogen (secondary N) is 2. The highest BCUT2D eigenvalue weighted by Crippen LogP contribution is 2.44. The summed E-state index contributed by atoms with van der Waals surface area (Å²) in [7, 11) is 2.13. The summed E-state index contributed by atoms with van der Waals surface area (Å²) in [5.41, 5.74) is 11.9. The van der Waals surface area contributed by atoms with Crippen molar-refractivity contribution in [2.75, 3.05) is 45.7 Å². The van der Waals surface area contributed by atoms with Gasteiger partial charge in [-0.1, -0.05) is 18.1 Å². The first kappa shape index (κ1) is 28.7. The van der Waals surface area contributed by atoms with Crippen LogP contribution in [0.2, 0.25) is 0 Å². The number of nitrogen functional groups attached to an aromatic ring is 1. The van der Waals surface area contributed by atoms with Gasteiger partial charge in [-0.25, -0.2) is 4.98 Å². The van der Waals surface area contributed by atoms with Gasteiger partial charge in [0.1, 0.15) is 23.8 Å². The molecular weight excluding hydrogens is 558 g/mol. The Labute approximate surface area is 256 Å². The van der Waals surface area contributed by atoms with Gasteiger partial charge in [-0.2, -0.15) is 15.3 Å². The van der Waals surface area contributed by atoms with E-state index < -0.39 is 0 Å². The Morgan fingerprint density at radius 2 is 2.09 bits per heavy atom. The summed E-state index contributed by atoms with van der Waals surface area (Å²) in [6.07, 6.45) is 8.68. The molecule has 6 heterocycles. The van der Waals surface area contributed by atoms with Gasteiger partial charge in [0.25, 0.3) is 0 Å². The maximum absolute atomic E-state index is 9.91. The van der Waals surface area contributed by atoms with Crippen LogP contribution in [0.4, 0.5) is 5.69 Å². The van der Waals surface area contributed by atoms with Crippen molar-refractivity contribution in [3.63, 3.8) is 0 Å². The summed E-state index contributed by atoms with van der Waals surface area (Å²) in [6, 6.07) is 6.52. The Hall–Kier alpha value is -4.05. The molecule has 1 spiro atoms. The van der Waals surface area contributed by atoms with Crippen molar-refractivity contribution in [2.24, 2.45) is 0 Å². The van der Waals surface area contributed by atoms with Crippen molar-refractivity contribution in [3.05, 3.63) is 46.3 Å². The Morgan fingerprint density at radius 3 is 2.75 bits per heavy atom. The van der Waals surface area contributed by atoms with E-state index in [0.29, 0.717) is 52.5 Å². The lowest BCUT2D eigenvalue weighted by Crippen LogP contribution is -2.68. The molecule has 3 fully saturated rings. The molecule has 4 aromatic rings. The van der Waals surface area contributed by atoms with E-state index in [1.165, 1.54) is 19.4 Å². The van der Waals surface area contributed by atoms with Crippen LogP contribution in [0.5, 0.6) is 5.88 Å². The van der Waals surface area contributed by atoms with Crippen molar-refractivity contribution in [1.29, 1.82) is 5.26 Å². The number of nitrogens with zero attached hydrogens (tertiary/aromatic N) is 6. The summed E-state index contributed by atoms with van der Waals surface area (Å²) in [6.45, 7) is 6.82. The lowest BCUT2D eigenvalue weighted by Gasteiger charge is -2.49. The Morgan fingerprint density at radius 1 is 1.23 bits per heavy atom. The second-order valence-electron chi connectivity index (χ2n) is 12.4. The number of hydrogen-bond donors (Lipinski definition) is 3. The molecule has 3 saturated heterocycles. The average molecular weight is 598 g/mol. The van der Waals surface area contributed by atoms with Gasteiger partial charge in [-0.15, -0.1) is 0 Å². The first-order chi connectivity index (χ1) is 21.5. The SMILES string of the molecule is C1CC2(COC2)N1.CCc1ccc(N)c(C#N)c1C1CCCc2c(-c3nc(OCC4CCCN4C)c4cn[nH]c4n3)noc21. The van der Waals surface area contributed by atoms with Crippen LogP contribution in [0.15, 0.2) is 22.9 Å². The van der Waals surface area contributed by atoms with E-state index >= 15 is 0 Å². The van der Waals surface area contributed by atoms with Gasteiger partial charge in [0.05, 0.1) is 30.5 Å². The number of nitriles is 1. The van der Waals surface area contributed by atoms with E-state index in [2.05, 4.69) is 45.6 Å². The molecule has 4 aliphatic rings. The number of anilines is 1. The van der Waals surface area contributed by atoms with Crippen LogP contribution in [0.3, 0.4) is 0 Å². The highest BCUT2D eigenvalue weighted by Gasteiger charge is 2.43. The largest absolute Gasteiger partial charge is 0.475 e. The zero-order valence-electron chi connectivity index (χ0n) is 25.4. The highest BCUT2D eigenvalue weighted by molar-refractivity contribution is 5.81. The maximum Gasteiger partial charge on any atom is 0.228 e. The predicted molar refractivity (Wildman–Crippen MR) is 164 cm³/mol. The monoisotopic (exact) mass is 597 g/mol. The van der Waals surface area contributed by atoms with Gasteiger partial charge in [0.2, 0.25) is 5.88 Å². The van der Waals surface area contributed by atoms with Crippen LogP contribution in [0.25, 0.3) is 22.6 Å². The maximum atomic E-state index is 9.91. The summed E-state index contributed by atoms with van der Waals surface area (Å²) >= 11 is 0. The number of nitrogens with two attached hydrogens (primary N) is 1. The quantitative estimate of drug-likeness (QED) is 0.278. The standard InChI is InChI=1S/C27H30N8O2.C5H9NO/c1-3-15-9-10-21(29)19(12-28)22(15)17-7-4-8-18-23(34-37-24(17)18)26-31-25-20(13-30-33-25)27(32-26)36-14-16-6-5-11-35(16)2;1-2-6-5(1)3-7-4-5/h9-10,13,16-17H,3-8,11,14,29H2,1-2H3,(H,30,31,32,33);6H,1-4H2. The zero-order chi connectivity index (χ0) is 30.3. The van der Waals surface area contributed by atoms with E-state index in [9.17, 15) is 5.26 Å². The van der Waals surface area contributed by atoms with Gasteiger partial charge < -0.3 is 29.9 Å². The Balaban J connectivity index is 0.000000389. The fourth-order valence-electron chi connectivity index (χ4n) is 6.88. The highest BCUT2D eigenvalue weighted by atomic mass is 16.5. The number of likely N-dealkylation sites (N-methyl/N-ethyl adjacent to an activating group) is 1. The summed E-state index contributed by atoms with van der Waals surface area (Å²) in [5, 5.41) is 25.5. The summed E-state index contributed by atoms with van der Waals surface area (Å²) in [5.74, 6) is 1.61. The fraction of sp³-hybridized carbons (Fsp3) is 0.531. The molecule has 0 amide bonds. The van der Waals surface area contributed by atoms with Crippen molar-refractivity contribution >= 4 is 16.7 Å². The average Bonchev–Trinajstić information content (AvgIpc) is 3.74. The molecule has 12 nitrogen and oxygen atoms in total. The molecule has 44 heavy (non-hydrogen) atoms. The molecule has 8 rings (SSSR count). The number of ether oxygens (including phenoxy) is 2. The van der Waals surface area contributed by atoms with E-state index in [0.717, 1.165) is 79.7 Å². The van der Waals surface area contributed by atoms with Gasteiger partial charge in [0.15, 0.2) is 17.2 Å². The van der Waals surface area contributed by atoms with Crippen LogP contribution in [-0.2, 0) is 17.6 Å². The normalized spacial score (nSPS) is 22.0. The molecule has 3 aromatic heterocycles. The van der Waals surface area contributed by atoms with Crippen molar-refractivity contribution < 1.29 is 14.0 Å². The minimum Gasteiger partial charge on any atom is -0.475 e. The minimum atomic E-state index is -0.0948. The van der Waals surface area contributed by atoms with Crippen LogP contribution in [0.1, 0.15) is 73.0 Å². The number of likely N-dealkylation sites (tertiary alicyclic amines) is 1. The third-order valence-electron chi connectivity index (χ3n) is 9.69. The summed E-state index contributed by atoms with van der Waals surface area (Å²) < 4.78 is 17.2. The number of aromatic nitrogens is 5. The van der Waals surface area contributed by atoms with Crippen LogP contribution in [0, 0.1) is 11.3 Å². The molecule has 1 aromatic carbocycles. The second-order valence-corrected chi connectivity index (χ2v) is 12.4. The zero-order valence-corrected chi connectivity index (χ0v) is 25.4. The van der Waals surface area contributed by atoms with Gasteiger partial charge in [-0.3, -0.25) is 5.10 Å². The Kier molecular flexibility index (Phi) is 7.70.